The molecule has 25 heavy (non-hydrogen) atoms. The number of halogens is 1. The average Bonchev–Trinajstić information content (AvgIpc) is 2.63. The molecule has 0 radical (unpaired) electrons. The molecule has 2 heterocycles. The molecule has 0 saturated carbocycles. The zero-order valence-electron chi connectivity index (χ0n) is 13.6. The summed E-state index contributed by atoms with van der Waals surface area (Å²) in [5.41, 5.74) is 3.08. The monoisotopic (exact) mass is 346 g/mol. The van der Waals surface area contributed by atoms with Crippen LogP contribution in [0.1, 0.15) is 36.0 Å². The fourth-order valence-electron chi connectivity index (χ4n) is 2.91. The van der Waals surface area contributed by atoms with Gasteiger partial charge in [-0.15, -0.1) is 0 Å². The fraction of sp³-hybridized carbons (Fsp3) is 0.412. The lowest BCUT2D eigenvalue weighted by atomic mass is 10.0. The van der Waals surface area contributed by atoms with Crippen LogP contribution in [0.5, 0.6) is 0 Å². The predicted molar refractivity (Wildman–Crippen MR) is 88.3 cm³/mol. The third-order valence-corrected chi connectivity index (χ3v) is 4.38. The van der Waals surface area contributed by atoms with Crippen LogP contribution in [0.4, 0.5) is 4.39 Å². The molecule has 0 unspecified atom stereocenters. The van der Waals surface area contributed by atoms with E-state index in [1.165, 1.54) is 24.3 Å². The van der Waals surface area contributed by atoms with Gasteiger partial charge in [0.25, 0.3) is 11.8 Å². The fourth-order valence-corrected chi connectivity index (χ4v) is 2.91. The Bertz CT molecular complexity index is 709. The van der Waals surface area contributed by atoms with Crippen LogP contribution in [0.25, 0.3) is 0 Å². The summed E-state index contributed by atoms with van der Waals surface area (Å²) in [5.74, 6) is -0.976. The molecule has 1 aromatic rings. The number of benzene rings is 1. The number of hydrazone groups is 1. The highest BCUT2D eigenvalue weighted by Gasteiger charge is 2.26. The maximum Gasteiger partial charge on any atom is 0.267 e. The van der Waals surface area contributed by atoms with Gasteiger partial charge in [-0.3, -0.25) is 14.4 Å². The highest BCUT2D eigenvalue weighted by atomic mass is 19.1. The molecule has 2 aliphatic heterocycles. The van der Waals surface area contributed by atoms with Gasteiger partial charge in [0.2, 0.25) is 5.91 Å². The molecule has 0 atom stereocenters. The Hall–Kier alpha value is -2.77. The van der Waals surface area contributed by atoms with Gasteiger partial charge in [-0.05, 0) is 37.1 Å². The second kappa shape index (κ2) is 7.42. The molecule has 3 rings (SSSR count). The van der Waals surface area contributed by atoms with E-state index in [1.54, 1.807) is 4.90 Å². The van der Waals surface area contributed by atoms with Crippen molar-refractivity contribution in [1.29, 1.82) is 0 Å². The predicted octanol–water partition coefficient (Wildman–Crippen LogP) is 0.812. The van der Waals surface area contributed by atoms with E-state index in [-0.39, 0.29) is 36.0 Å². The molecule has 1 saturated heterocycles. The number of nitrogens with zero attached hydrogens (tertiary/aromatic N) is 2. The third kappa shape index (κ3) is 4.20. The molecule has 0 aliphatic carbocycles. The molecule has 7 nitrogen and oxygen atoms in total. The SMILES string of the molecule is O=C1CCC(C(=O)NC2CCN(C(=O)c3ccc(F)cc3)CC2)=NN1. The Morgan fingerprint density at radius 3 is 2.44 bits per heavy atom. The number of likely N-dealkylation sites (tertiary alicyclic amines) is 1. The van der Waals surface area contributed by atoms with Crippen molar-refractivity contribution in [3.8, 4) is 0 Å². The van der Waals surface area contributed by atoms with E-state index < -0.39 is 0 Å². The second-order valence-electron chi connectivity index (χ2n) is 6.14. The first-order valence-electron chi connectivity index (χ1n) is 8.24. The lowest BCUT2D eigenvalue weighted by molar-refractivity contribution is -0.121. The Kier molecular flexibility index (Phi) is 5.06. The van der Waals surface area contributed by atoms with Crippen LogP contribution in [0, 0.1) is 5.82 Å². The molecule has 1 fully saturated rings. The third-order valence-electron chi connectivity index (χ3n) is 4.38. The molecule has 132 valence electrons. The Morgan fingerprint density at radius 1 is 1.16 bits per heavy atom. The van der Waals surface area contributed by atoms with Gasteiger partial charge in [0.1, 0.15) is 11.5 Å². The summed E-state index contributed by atoms with van der Waals surface area (Å²) in [4.78, 5) is 37.3. The maximum atomic E-state index is 12.9. The van der Waals surface area contributed by atoms with E-state index in [0.29, 0.717) is 43.6 Å². The molecule has 2 aliphatic rings. The molecule has 8 heteroatoms. The van der Waals surface area contributed by atoms with E-state index in [4.69, 9.17) is 0 Å². The van der Waals surface area contributed by atoms with E-state index >= 15 is 0 Å². The van der Waals surface area contributed by atoms with Crippen LogP contribution in [0.3, 0.4) is 0 Å². The molecule has 0 aromatic heterocycles. The summed E-state index contributed by atoms with van der Waals surface area (Å²) in [7, 11) is 0. The van der Waals surface area contributed by atoms with Crippen molar-refractivity contribution in [2.75, 3.05) is 13.1 Å². The van der Waals surface area contributed by atoms with Gasteiger partial charge in [-0.25, -0.2) is 9.82 Å². The summed E-state index contributed by atoms with van der Waals surface area (Å²) in [6.45, 7) is 1.04. The quantitative estimate of drug-likeness (QED) is 0.849. The summed E-state index contributed by atoms with van der Waals surface area (Å²) >= 11 is 0. The largest absolute Gasteiger partial charge is 0.348 e. The summed E-state index contributed by atoms with van der Waals surface area (Å²) in [5, 5.41) is 6.68. The molecule has 0 bridgehead atoms. The minimum Gasteiger partial charge on any atom is -0.348 e. The number of carbonyl (C=O) groups excluding carboxylic acids is 3. The highest BCUT2D eigenvalue weighted by Crippen LogP contribution is 2.15. The lowest BCUT2D eigenvalue weighted by Gasteiger charge is -2.32. The van der Waals surface area contributed by atoms with E-state index in [0.717, 1.165) is 0 Å². The molecular weight excluding hydrogens is 327 g/mol. The first kappa shape index (κ1) is 17.1. The van der Waals surface area contributed by atoms with Crippen LogP contribution in [-0.2, 0) is 9.59 Å². The van der Waals surface area contributed by atoms with E-state index in [9.17, 15) is 18.8 Å². The van der Waals surface area contributed by atoms with Gasteiger partial charge in [0.05, 0.1) is 0 Å². The normalized spacial score (nSPS) is 18.4. The smallest absolute Gasteiger partial charge is 0.267 e. The summed E-state index contributed by atoms with van der Waals surface area (Å²) < 4.78 is 12.9. The average molecular weight is 346 g/mol. The number of piperidine rings is 1. The van der Waals surface area contributed by atoms with Crippen LogP contribution in [0.15, 0.2) is 29.4 Å². The van der Waals surface area contributed by atoms with Crippen LogP contribution in [0.2, 0.25) is 0 Å². The van der Waals surface area contributed by atoms with Gasteiger partial charge in [-0.1, -0.05) is 0 Å². The number of rotatable bonds is 3. The first-order chi connectivity index (χ1) is 12.0. The van der Waals surface area contributed by atoms with Crippen molar-refractivity contribution in [2.45, 2.75) is 31.7 Å². The van der Waals surface area contributed by atoms with Crippen molar-refractivity contribution in [2.24, 2.45) is 5.10 Å². The maximum absolute atomic E-state index is 12.9. The lowest BCUT2D eigenvalue weighted by Crippen LogP contribution is -2.48. The van der Waals surface area contributed by atoms with Gasteiger partial charge < -0.3 is 10.2 Å². The zero-order valence-corrected chi connectivity index (χ0v) is 13.6. The number of hydrogen-bond donors (Lipinski definition) is 2. The Balaban J connectivity index is 1.50. The second-order valence-corrected chi connectivity index (χ2v) is 6.14. The first-order valence-corrected chi connectivity index (χ1v) is 8.24. The van der Waals surface area contributed by atoms with E-state index in [1.807, 2.05) is 0 Å². The minimum atomic E-state index is -0.375. The van der Waals surface area contributed by atoms with Crippen molar-refractivity contribution in [3.63, 3.8) is 0 Å². The number of carbonyl (C=O) groups is 3. The Morgan fingerprint density at radius 2 is 1.84 bits per heavy atom. The molecule has 2 N–H and O–H groups in total. The van der Waals surface area contributed by atoms with E-state index in [2.05, 4.69) is 15.8 Å². The van der Waals surface area contributed by atoms with Crippen molar-refractivity contribution in [3.05, 3.63) is 35.6 Å². The number of nitrogens with one attached hydrogen (secondary N) is 2. The van der Waals surface area contributed by atoms with Gasteiger partial charge in [0, 0.05) is 37.5 Å². The number of amides is 3. The van der Waals surface area contributed by atoms with Gasteiger partial charge in [-0.2, -0.15) is 5.10 Å². The summed E-state index contributed by atoms with van der Waals surface area (Å²) in [6, 6.07) is 5.45. The standard InChI is InChI=1S/C17H19FN4O3/c18-12-3-1-11(2-4-12)17(25)22-9-7-13(8-10-22)19-16(24)14-5-6-15(23)21-20-14/h1-4,13H,5-10H2,(H,19,24)(H,21,23). The Labute approximate surface area is 144 Å². The molecule has 0 spiro atoms. The van der Waals surface area contributed by atoms with Crippen LogP contribution < -0.4 is 10.7 Å². The zero-order chi connectivity index (χ0) is 17.8. The van der Waals surface area contributed by atoms with Crippen molar-refractivity contribution < 1.29 is 18.8 Å². The van der Waals surface area contributed by atoms with Crippen molar-refractivity contribution in [1.82, 2.24) is 15.6 Å². The van der Waals surface area contributed by atoms with Gasteiger partial charge in [0.15, 0.2) is 0 Å². The number of hydrogen-bond acceptors (Lipinski definition) is 4. The topological polar surface area (TPSA) is 90.9 Å². The molecule has 1 aromatic carbocycles. The van der Waals surface area contributed by atoms with Crippen LogP contribution in [-0.4, -0.2) is 47.5 Å². The molecule has 3 amide bonds. The summed E-state index contributed by atoms with van der Waals surface area (Å²) in [6.07, 6.45) is 1.87. The van der Waals surface area contributed by atoms with Crippen LogP contribution >= 0.6 is 0 Å². The minimum absolute atomic E-state index is 0.0369. The van der Waals surface area contributed by atoms with Crippen molar-refractivity contribution >= 4 is 23.4 Å². The highest BCUT2D eigenvalue weighted by molar-refractivity contribution is 6.39. The molecular formula is C17H19FN4O3. The van der Waals surface area contributed by atoms with Gasteiger partial charge >= 0.3 is 0 Å².